The number of unbranched alkanes of at least 4 members (excludes halogenated alkanes) is 1. The van der Waals surface area contributed by atoms with Crippen molar-refractivity contribution < 1.29 is 23.8 Å². The maximum atomic E-state index is 14.0. The molecule has 3 atom stereocenters. The van der Waals surface area contributed by atoms with Gasteiger partial charge in [-0.1, -0.05) is 12.3 Å². The van der Waals surface area contributed by atoms with Crippen molar-refractivity contribution in [3.63, 3.8) is 0 Å². The number of allylic oxidation sites excluding steroid dienone is 2. The van der Waals surface area contributed by atoms with Crippen LogP contribution in [0.5, 0.6) is 5.88 Å². The predicted octanol–water partition coefficient (Wildman–Crippen LogP) is 3.14. The molecule has 0 amide bonds. The minimum absolute atomic E-state index is 0.0427. The third-order valence-corrected chi connectivity index (χ3v) is 8.92. The van der Waals surface area contributed by atoms with E-state index in [1.807, 2.05) is 7.05 Å². The molecule has 9 heteroatoms. The second kappa shape index (κ2) is 11.7. The largest absolute Gasteiger partial charge is 0.461 e. The van der Waals surface area contributed by atoms with Gasteiger partial charge in [-0.15, -0.1) is 6.42 Å². The highest BCUT2D eigenvalue weighted by atomic mass is 16.5. The summed E-state index contributed by atoms with van der Waals surface area (Å²) in [5, 5.41) is 3.14. The molecule has 0 bridgehead atoms. The topological polar surface area (TPSA) is 126 Å². The third-order valence-electron chi connectivity index (χ3n) is 8.92. The second-order valence-electron chi connectivity index (χ2n) is 11.4. The zero-order chi connectivity index (χ0) is 27.5. The van der Waals surface area contributed by atoms with Crippen molar-refractivity contribution in [3.05, 3.63) is 28.4 Å². The number of nitrogens with zero attached hydrogens (tertiary/aromatic N) is 2. The van der Waals surface area contributed by atoms with Gasteiger partial charge in [-0.25, -0.2) is 4.98 Å². The molecule has 3 heterocycles. The molecular formula is C30H40N4O5. The average Bonchev–Trinajstić information content (AvgIpc) is 3.42. The summed E-state index contributed by atoms with van der Waals surface area (Å²) >= 11 is 0. The number of rotatable bonds is 9. The molecule has 5 rings (SSSR count). The van der Waals surface area contributed by atoms with Gasteiger partial charge in [0.2, 0.25) is 17.5 Å². The number of Topliss-reactive ketones (excluding diaryl/α,β-unsaturated/α-hetero) is 2. The number of fused-ring (bicyclic) bond motifs is 2. The SMILES string of the molecule is C#C[C@@H](CCCCNC)Oc1nc(C(=O)C2=C(N)[C@]3(CCCCC3=O)CCC2)nc2c1COC[C@]21CCOC1. The fourth-order valence-corrected chi connectivity index (χ4v) is 6.63. The Morgan fingerprint density at radius 1 is 1.15 bits per heavy atom. The average molecular weight is 537 g/mol. The first kappa shape index (κ1) is 27.8. The lowest BCUT2D eigenvalue weighted by Crippen LogP contribution is -2.43. The predicted molar refractivity (Wildman–Crippen MR) is 145 cm³/mol. The Bertz CT molecular complexity index is 1180. The van der Waals surface area contributed by atoms with E-state index in [9.17, 15) is 9.59 Å². The van der Waals surface area contributed by atoms with E-state index >= 15 is 0 Å². The number of hydrogen-bond donors (Lipinski definition) is 2. The molecule has 2 spiro atoms. The van der Waals surface area contributed by atoms with E-state index in [1.54, 1.807) is 0 Å². The van der Waals surface area contributed by atoms with E-state index < -0.39 is 16.9 Å². The molecule has 1 saturated carbocycles. The summed E-state index contributed by atoms with van der Waals surface area (Å²) in [6.07, 6.45) is 13.6. The lowest BCUT2D eigenvalue weighted by molar-refractivity contribution is -0.129. The van der Waals surface area contributed by atoms with Crippen LogP contribution in [0.3, 0.4) is 0 Å². The number of carbonyl (C=O) groups is 2. The van der Waals surface area contributed by atoms with Gasteiger partial charge in [0, 0.05) is 24.3 Å². The Kier molecular flexibility index (Phi) is 8.36. The standard InChI is InChI=1S/C30H40N4O5/c1-3-20(9-5-7-15-32-2)39-28-22-17-38-19-29(14-16-37-18-29)26(22)33-27(34-28)24(36)21-10-8-13-30(25(21)31)12-6-4-11-23(30)35/h1,20,32H,4-19,31H2,2H3/t20-,29+,30+/m0/s1. The van der Waals surface area contributed by atoms with Crippen molar-refractivity contribution in [2.24, 2.45) is 11.1 Å². The molecule has 4 aliphatic rings. The van der Waals surface area contributed by atoms with Crippen LogP contribution in [0.25, 0.3) is 0 Å². The summed E-state index contributed by atoms with van der Waals surface area (Å²) in [5.41, 5.74) is 7.82. The zero-order valence-electron chi connectivity index (χ0n) is 23.0. The number of hydrogen-bond acceptors (Lipinski definition) is 9. The Hall–Kier alpha value is -2.80. The van der Waals surface area contributed by atoms with Crippen LogP contribution in [0.1, 0.15) is 92.5 Å². The van der Waals surface area contributed by atoms with Crippen molar-refractivity contribution in [2.45, 2.75) is 88.8 Å². The summed E-state index contributed by atoms with van der Waals surface area (Å²) in [4.78, 5) is 36.6. The van der Waals surface area contributed by atoms with E-state index in [2.05, 4.69) is 16.2 Å². The number of nitrogens with one attached hydrogen (secondary N) is 1. The van der Waals surface area contributed by atoms with Crippen molar-refractivity contribution in [2.75, 3.05) is 33.4 Å². The van der Waals surface area contributed by atoms with Crippen molar-refractivity contribution in [3.8, 4) is 18.2 Å². The first-order chi connectivity index (χ1) is 18.9. The maximum absolute atomic E-state index is 14.0. The molecule has 0 radical (unpaired) electrons. The van der Waals surface area contributed by atoms with Crippen LogP contribution in [-0.4, -0.2) is 61.1 Å². The highest BCUT2D eigenvalue weighted by Gasteiger charge is 2.47. The Labute approximate surface area is 230 Å². The number of nitrogens with two attached hydrogens (primary N) is 1. The molecule has 2 fully saturated rings. The van der Waals surface area contributed by atoms with Gasteiger partial charge in [-0.3, -0.25) is 9.59 Å². The molecule has 1 aromatic rings. The number of carbonyl (C=O) groups excluding carboxylic acids is 2. The molecule has 210 valence electrons. The highest BCUT2D eigenvalue weighted by Crippen LogP contribution is 2.47. The van der Waals surface area contributed by atoms with Gasteiger partial charge in [-0.05, 0) is 71.4 Å². The fraction of sp³-hybridized carbons (Fsp3) is 0.667. The van der Waals surface area contributed by atoms with Crippen LogP contribution in [0, 0.1) is 17.8 Å². The van der Waals surface area contributed by atoms with Crippen LogP contribution in [0.15, 0.2) is 11.3 Å². The molecule has 2 aliphatic carbocycles. The van der Waals surface area contributed by atoms with Crippen LogP contribution in [0.2, 0.25) is 0 Å². The monoisotopic (exact) mass is 536 g/mol. The molecule has 3 N–H and O–H groups in total. The van der Waals surface area contributed by atoms with Gasteiger partial charge in [0.15, 0.2) is 6.10 Å². The number of ether oxygens (including phenoxy) is 3. The second-order valence-corrected chi connectivity index (χ2v) is 11.4. The summed E-state index contributed by atoms with van der Waals surface area (Å²) in [5.74, 6) is 2.90. The molecule has 39 heavy (non-hydrogen) atoms. The van der Waals surface area contributed by atoms with Crippen LogP contribution in [0.4, 0.5) is 0 Å². The van der Waals surface area contributed by atoms with Crippen molar-refractivity contribution in [1.29, 1.82) is 0 Å². The number of ketones is 2. The van der Waals surface area contributed by atoms with E-state index in [0.717, 1.165) is 56.3 Å². The normalized spacial score (nSPS) is 27.4. The third kappa shape index (κ3) is 5.22. The lowest BCUT2D eigenvalue weighted by Gasteiger charge is -2.40. The number of aromatic nitrogens is 2. The Morgan fingerprint density at radius 2 is 1.97 bits per heavy atom. The van der Waals surface area contributed by atoms with E-state index in [-0.39, 0.29) is 24.0 Å². The van der Waals surface area contributed by atoms with E-state index in [0.29, 0.717) is 69.1 Å². The molecular weight excluding hydrogens is 496 g/mol. The summed E-state index contributed by atoms with van der Waals surface area (Å²) in [6.45, 7) is 2.67. The van der Waals surface area contributed by atoms with E-state index in [1.165, 1.54) is 0 Å². The molecule has 0 aromatic carbocycles. The van der Waals surface area contributed by atoms with Crippen molar-refractivity contribution >= 4 is 11.6 Å². The minimum atomic E-state index is -0.731. The first-order valence-corrected chi connectivity index (χ1v) is 14.4. The van der Waals surface area contributed by atoms with Gasteiger partial charge in [0.05, 0.1) is 41.9 Å². The molecule has 1 saturated heterocycles. The Balaban J connectivity index is 1.53. The number of terminal acetylenes is 1. The van der Waals surface area contributed by atoms with Crippen LogP contribution < -0.4 is 15.8 Å². The highest BCUT2D eigenvalue weighted by molar-refractivity contribution is 6.08. The fourth-order valence-electron chi connectivity index (χ4n) is 6.63. The van der Waals surface area contributed by atoms with Crippen LogP contribution in [-0.2, 0) is 26.3 Å². The summed E-state index contributed by atoms with van der Waals surface area (Å²) in [7, 11) is 1.92. The van der Waals surface area contributed by atoms with Gasteiger partial charge >= 0.3 is 0 Å². The molecule has 2 aliphatic heterocycles. The molecule has 1 aromatic heterocycles. The smallest absolute Gasteiger partial charge is 0.228 e. The van der Waals surface area contributed by atoms with Gasteiger partial charge in [-0.2, -0.15) is 4.98 Å². The molecule has 0 unspecified atom stereocenters. The van der Waals surface area contributed by atoms with Gasteiger partial charge in [0.1, 0.15) is 5.78 Å². The van der Waals surface area contributed by atoms with Crippen LogP contribution >= 0.6 is 0 Å². The quantitative estimate of drug-likeness (QED) is 0.278. The Morgan fingerprint density at radius 3 is 2.72 bits per heavy atom. The lowest BCUT2D eigenvalue weighted by atomic mass is 9.64. The zero-order valence-corrected chi connectivity index (χ0v) is 23.0. The van der Waals surface area contributed by atoms with Gasteiger partial charge < -0.3 is 25.3 Å². The minimum Gasteiger partial charge on any atom is -0.461 e. The van der Waals surface area contributed by atoms with Gasteiger partial charge in [0.25, 0.3) is 0 Å². The molecule has 9 nitrogen and oxygen atoms in total. The first-order valence-electron chi connectivity index (χ1n) is 14.4. The van der Waals surface area contributed by atoms with Crippen molar-refractivity contribution in [1.82, 2.24) is 15.3 Å². The van der Waals surface area contributed by atoms with E-state index in [4.69, 9.17) is 31.4 Å². The maximum Gasteiger partial charge on any atom is 0.228 e. The summed E-state index contributed by atoms with van der Waals surface area (Å²) in [6, 6.07) is 0. The summed E-state index contributed by atoms with van der Waals surface area (Å²) < 4.78 is 18.0.